The minimum Gasteiger partial charge on any atom is -0.467 e. The fourth-order valence-corrected chi connectivity index (χ4v) is 10.9. The molecular formula is C54H89N7O22. The van der Waals surface area contributed by atoms with Crippen molar-refractivity contribution in [2.75, 3.05) is 28.4 Å². The van der Waals surface area contributed by atoms with E-state index in [4.69, 9.17) is 66.3 Å². The van der Waals surface area contributed by atoms with Crippen molar-refractivity contribution in [3.63, 3.8) is 0 Å². The van der Waals surface area contributed by atoms with Gasteiger partial charge in [-0.15, -0.1) is 0 Å². The molecule has 29 nitrogen and oxygen atoms in total. The van der Waals surface area contributed by atoms with Gasteiger partial charge in [0.15, 0.2) is 36.2 Å². The summed E-state index contributed by atoms with van der Waals surface area (Å²) in [6.07, 6.45) is -11.2. The van der Waals surface area contributed by atoms with Crippen molar-refractivity contribution in [1.29, 1.82) is 0 Å². The van der Waals surface area contributed by atoms with Gasteiger partial charge in [0.05, 0.1) is 25.2 Å². The zero-order chi connectivity index (χ0) is 61.7. The van der Waals surface area contributed by atoms with E-state index in [1.54, 1.807) is 62.3 Å². The number of hydrogen-bond acceptors (Lipinski definition) is 22. The number of amides is 7. The molecule has 29 heteroatoms. The third-order valence-corrected chi connectivity index (χ3v) is 14.7. The zero-order valence-electron chi connectivity index (χ0n) is 50.7. The van der Waals surface area contributed by atoms with Crippen molar-refractivity contribution >= 4 is 47.5 Å². The van der Waals surface area contributed by atoms with Crippen LogP contribution in [0.15, 0.2) is 0 Å². The number of rotatable bonds is 26. The second-order valence-electron chi connectivity index (χ2n) is 24.0. The van der Waals surface area contributed by atoms with Gasteiger partial charge in [0.1, 0.15) is 84.7 Å². The van der Waals surface area contributed by atoms with Crippen molar-refractivity contribution in [2.45, 2.75) is 268 Å². The Labute approximate surface area is 484 Å². The normalized spacial score (nSPS) is 31.5. The zero-order valence-corrected chi connectivity index (χ0v) is 50.7. The summed E-state index contributed by atoms with van der Waals surface area (Å²) in [6, 6.07) is -7.08. The summed E-state index contributed by atoms with van der Waals surface area (Å²) in [4.78, 5) is 107. The average molecular weight is 1190 g/mol. The van der Waals surface area contributed by atoms with Gasteiger partial charge in [0.2, 0.25) is 35.4 Å². The first-order valence-electron chi connectivity index (χ1n) is 28.2. The number of alkyl carbamates (subject to hydrolysis) is 1. The third-order valence-electron chi connectivity index (χ3n) is 14.7. The van der Waals surface area contributed by atoms with E-state index in [9.17, 15) is 38.4 Å². The summed E-state index contributed by atoms with van der Waals surface area (Å²) < 4.78 is 82.4. The van der Waals surface area contributed by atoms with Crippen LogP contribution in [-0.2, 0) is 99.9 Å². The molecule has 7 amide bonds. The molecule has 0 aromatic rings. The molecule has 0 aliphatic carbocycles. The SMILES string of the molecule is COC(=O)[C@H](C)NC(=O)CC[C@H](NC(=O)[C@H](C)NC(=O)CC[C@H](NC(=O)[C@H](C)NC(=O)CC[C@H](NC(=O)[C@H](C)NC(=O)OC(C)(C)C)[C@H]1O[C@H](OC)[C@H]2OC(C)(C)O[C@H]21)[C@H]1O[C@H](OC)[C@H]2OC(C)(C)O[C@H]21)[C@H]1O[C@H](OC)[C@H]2OC(C)(C)O[C@H]21. The van der Waals surface area contributed by atoms with Crippen LogP contribution in [0, 0.1) is 0 Å². The molecule has 0 radical (unpaired) electrons. The topological polar surface area (TPSA) is 350 Å². The Morgan fingerprint density at radius 3 is 0.976 bits per heavy atom. The molecule has 6 saturated heterocycles. The van der Waals surface area contributed by atoms with Crippen LogP contribution >= 0.6 is 0 Å². The van der Waals surface area contributed by atoms with Crippen LogP contribution in [0.2, 0.25) is 0 Å². The predicted molar refractivity (Wildman–Crippen MR) is 286 cm³/mol. The minimum atomic E-state index is -1.17. The van der Waals surface area contributed by atoms with Crippen molar-refractivity contribution in [3.8, 4) is 0 Å². The summed E-state index contributed by atoms with van der Waals surface area (Å²) >= 11 is 0. The monoisotopic (exact) mass is 1190 g/mol. The van der Waals surface area contributed by atoms with E-state index in [1.807, 2.05) is 0 Å². The Morgan fingerprint density at radius 1 is 0.422 bits per heavy atom. The molecule has 6 fully saturated rings. The first kappa shape index (κ1) is 67.2. The molecule has 6 rings (SSSR count). The fraction of sp³-hybridized carbons (Fsp3) is 0.852. The largest absolute Gasteiger partial charge is 0.467 e. The first-order valence-corrected chi connectivity index (χ1v) is 28.2. The number of esters is 1. The number of hydrogen-bond donors (Lipinski definition) is 7. The molecule has 6 heterocycles. The highest BCUT2D eigenvalue weighted by Gasteiger charge is 2.60. The van der Waals surface area contributed by atoms with Gasteiger partial charge in [-0.05, 0) is 109 Å². The van der Waals surface area contributed by atoms with E-state index in [-0.39, 0.29) is 38.5 Å². The molecule has 0 aromatic carbocycles. The van der Waals surface area contributed by atoms with Crippen molar-refractivity contribution < 1.29 is 105 Å². The number of carbonyl (C=O) groups excluding carboxylic acids is 8. The lowest BCUT2D eigenvalue weighted by molar-refractivity contribution is -0.230. The second kappa shape index (κ2) is 27.6. The van der Waals surface area contributed by atoms with Gasteiger partial charge < -0.3 is 104 Å². The Bertz CT molecular complexity index is 2320. The lowest BCUT2D eigenvalue weighted by atomic mass is 9.98. The van der Waals surface area contributed by atoms with Gasteiger partial charge in [0.25, 0.3) is 0 Å². The maximum atomic E-state index is 14.2. The second-order valence-corrected chi connectivity index (χ2v) is 24.0. The third kappa shape index (κ3) is 17.6. The smallest absolute Gasteiger partial charge is 0.408 e. The highest BCUT2D eigenvalue weighted by Crippen LogP contribution is 2.43. The summed E-state index contributed by atoms with van der Waals surface area (Å²) in [6.45, 7) is 21.3. The van der Waals surface area contributed by atoms with Crippen LogP contribution in [0.1, 0.15) is 129 Å². The number of nitrogens with one attached hydrogen (secondary N) is 7. The maximum absolute atomic E-state index is 14.2. The molecule has 0 unspecified atom stereocenters. The van der Waals surface area contributed by atoms with E-state index in [0.29, 0.717) is 0 Å². The molecule has 7 N–H and O–H groups in total. The molecule has 0 spiro atoms. The minimum absolute atomic E-state index is 0.0131. The van der Waals surface area contributed by atoms with E-state index < -0.39 is 187 Å². The molecule has 6 aliphatic heterocycles. The summed E-state index contributed by atoms with van der Waals surface area (Å²) in [5.41, 5.74) is -0.826. The number of fused-ring (bicyclic) bond motifs is 3. The Morgan fingerprint density at radius 2 is 0.699 bits per heavy atom. The van der Waals surface area contributed by atoms with Gasteiger partial charge in [-0.2, -0.15) is 0 Å². The molecule has 472 valence electrons. The quantitative estimate of drug-likeness (QED) is 0.0563. The van der Waals surface area contributed by atoms with E-state index in [2.05, 4.69) is 37.2 Å². The maximum Gasteiger partial charge on any atom is 0.408 e. The Hall–Kier alpha value is -4.92. The van der Waals surface area contributed by atoms with Gasteiger partial charge in [-0.1, -0.05) is 0 Å². The van der Waals surface area contributed by atoms with E-state index in [1.165, 1.54) is 56.1 Å². The predicted octanol–water partition coefficient (Wildman–Crippen LogP) is 0.0559. The van der Waals surface area contributed by atoms with Crippen LogP contribution in [0.4, 0.5) is 4.79 Å². The molecular weight excluding hydrogens is 1100 g/mol. The van der Waals surface area contributed by atoms with Crippen molar-refractivity contribution in [2.24, 2.45) is 0 Å². The Kier molecular flexibility index (Phi) is 22.4. The van der Waals surface area contributed by atoms with E-state index >= 15 is 0 Å². The van der Waals surface area contributed by atoms with Crippen molar-refractivity contribution in [3.05, 3.63) is 0 Å². The molecule has 0 bridgehead atoms. The van der Waals surface area contributed by atoms with Gasteiger partial charge in [-0.25, -0.2) is 9.59 Å². The summed E-state index contributed by atoms with van der Waals surface area (Å²) in [7, 11) is 5.50. The highest BCUT2D eigenvalue weighted by molar-refractivity contribution is 5.89. The average Bonchev–Trinajstić information content (AvgIpc) is 4.41. The lowest BCUT2D eigenvalue weighted by Crippen LogP contribution is -2.55. The summed E-state index contributed by atoms with van der Waals surface area (Å²) in [5.74, 6) is -7.32. The van der Waals surface area contributed by atoms with Gasteiger partial charge in [0, 0.05) is 40.6 Å². The lowest BCUT2D eigenvalue weighted by Gasteiger charge is -2.31. The van der Waals surface area contributed by atoms with Crippen LogP contribution in [0.5, 0.6) is 0 Å². The highest BCUT2D eigenvalue weighted by atomic mass is 16.8. The number of ether oxygens (including phenoxy) is 14. The molecule has 83 heavy (non-hydrogen) atoms. The van der Waals surface area contributed by atoms with Crippen LogP contribution in [0.3, 0.4) is 0 Å². The number of methoxy groups -OCH3 is 4. The first-order chi connectivity index (χ1) is 38.7. The Balaban J connectivity index is 1.11. The van der Waals surface area contributed by atoms with Crippen LogP contribution in [0.25, 0.3) is 0 Å². The fourth-order valence-electron chi connectivity index (χ4n) is 10.9. The van der Waals surface area contributed by atoms with Gasteiger partial charge in [-0.3, -0.25) is 28.8 Å². The number of carbonyl (C=O) groups is 8. The standard InChI is InChI=1S/C54H89N7O22/c1-24(56-32(63)22-19-30(61-45(67)26(3)58-50(69)83-51(5,6)7)36-39-42(49(73-17)76-36)82-54(12,13)79-39)43(65)59-28(34-37-40(47(71-15)74-34)80-52(8,9)77-37)18-21-31(62)55-25(2)44(66)60-29(20-23-33(64)57-27(4)46(68)70-14)35-38-41(48(72-16)75-35)81-53(10,11)78-38/h24-30,34-42,47-49H,18-23H2,1-17H3,(H,55,62)(H,56,63)(H,57,64)(H,58,69)(H,59,65)(H,60,66)(H,61,67)/t24-,25-,26-,27-,28-,29-,30-,34+,35+,36+,37-,38-,39-,40-,41-,42-,47-,48-,49-/m0/s1. The molecule has 0 saturated carbocycles. The molecule has 6 aliphatic rings. The van der Waals surface area contributed by atoms with Gasteiger partial charge >= 0.3 is 12.1 Å². The van der Waals surface area contributed by atoms with E-state index in [0.717, 1.165) is 0 Å². The van der Waals surface area contributed by atoms with Crippen molar-refractivity contribution in [1.82, 2.24) is 37.2 Å². The molecule has 0 aromatic heterocycles. The van der Waals surface area contributed by atoms with Crippen LogP contribution in [-0.4, -0.2) is 215 Å². The molecule has 19 atom stereocenters. The summed E-state index contributed by atoms with van der Waals surface area (Å²) in [5, 5.41) is 19.3. The van der Waals surface area contributed by atoms with Crippen LogP contribution < -0.4 is 37.2 Å².